The molecule has 2 nitrogen and oxygen atoms in total. The van der Waals surface area contributed by atoms with Gasteiger partial charge in [0.1, 0.15) is 0 Å². The molecule has 2 rings (SSSR count). The van der Waals surface area contributed by atoms with Crippen LogP contribution in [0.2, 0.25) is 0 Å². The molecule has 1 saturated heterocycles. The number of benzene rings is 1. The van der Waals surface area contributed by atoms with Crippen LogP contribution in [0.3, 0.4) is 0 Å². The smallest absolute Gasteiger partial charge is 0.0635 e. The van der Waals surface area contributed by atoms with Crippen LogP contribution in [0, 0.1) is 0 Å². The number of aliphatic hydroxyl groups is 1. The van der Waals surface area contributed by atoms with Crippen molar-refractivity contribution in [2.45, 2.75) is 32.2 Å². The monoisotopic (exact) mass is 205 g/mol. The highest BCUT2D eigenvalue weighted by atomic mass is 16.3. The Kier molecular flexibility index (Phi) is 3.27. The lowest BCUT2D eigenvalue weighted by Gasteiger charge is -2.25. The van der Waals surface area contributed by atoms with E-state index in [1.54, 1.807) is 0 Å². The van der Waals surface area contributed by atoms with E-state index in [2.05, 4.69) is 36.1 Å². The predicted octanol–water partition coefficient (Wildman–Crippen LogP) is 2.21. The standard InChI is InChI=1S/C13H19NO/c1-2-11-5-7-12(8-6-11)14-9-3-4-13(14)10-15/h5-8,13,15H,2-4,9-10H2,1H3. The molecule has 1 aromatic rings. The van der Waals surface area contributed by atoms with Crippen LogP contribution < -0.4 is 4.90 Å². The maximum absolute atomic E-state index is 9.26. The van der Waals surface area contributed by atoms with Crippen molar-refractivity contribution in [1.29, 1.82) is 0 Å². The Hall–Kier alpha value is -1.02. The van der Waals surface area contributed by atoms with Crippen LogP contribution in [-0.4, -0.2) is 24.3 Å². The fraction of sp³-hybridized carbons (Fsp3) is 0.538. The maximum atomic E-state index is 9.26. The summed E-state index contributed by atoms with van der Waals surface area (Å²) in [4.78, 5) is 2.32. The van der Waals surface area contributed by atoms with Crippen molar-refractivity contribution in [2.75, 3.05) is 18.1 Å². The third-order valence-electron chi connectivity index (χ3n) is 3.26. The summed E-state index contributed by atoms with van der Waals surface area (Å²) in [5.74, 6) is 0. The van der Waals surface area contributed by atoms with Crippen LogP contribution in [0.1, 0.15) is 25.3 Å². The lowest BCUT2D eigenvalue weighted by atomic mass is 10.1. The van der Waals surface area contributed by atoms with E-state index in [1.807, 2.05) is 0 Å². The zero-order chi connectivity index (χ0) is 10.7. The second-order valence-corrected chi connectivity index (χ2v) is 4.19. The van der Waals surface area contributed by atoms with E-state index in [0.717, 1.165) is 19.4 Å². The average molecular weight is 205 g/mol. The Morgan fingerprint density at radius 1 is 1.33 bits per heavy atom. The number of anilines is 1. The number of nitrogens with zero attached hydrogens (tertiary/aromatic N) is 1. The van der Waals surface area contributed by atoms with Gasteiger partial charge in [-0.05, 0) is 37.0 Å². The molecule has 0 aliphatic carbocycles. The lowest BCUT2D eigenvalue weighted by Crippen LogP contribution is -2.31. The number of hydrogen-bond donors (Lipinski definition) is 1. The molecule has 0 spiro atoms. The summed E-state index contributed by atoms with van der Waals surface area (Å²) in [6, 6.07) is 9.04. The number of hydrogen-bond acceptors (Lipinski definition) is 2. The molecule has 1 fully saturated rings. The average Bonchev–Trinajstić information content (AvgIpc) is 2.77. The van der Waals surface area contributed by atoms with Gasteiger partial charge in [0.15, 0.2) is 0 Å². The maximum Gasteiger partial charge on any atom is 0.0635 e. The van der Waals surface area contributed by atoms with Gasteiger partial charge in [-0.15, -0.1) is 0 Å². The molecule has 1 atom stereocenters. The third kappa shape index (κ3) is 2.15. The van der Waals surface area contributed by atoms with Gasteiger partial charge in [0.05, 0.1) is 12.6 Å². The Morgan fingerprint density at radius 3 is 2.67 bits per heavy atom. The van der Waals surface area contributed by atoms with Gasteiger partial charge in [-0.2, -0.15) is 0 Å². The fourth-order valence-electron chi connectivity index (χ4n) is 2.29. The molecular weight excluding hydrogens is 186 g/mol. The number of aryl methyl sites for hydroxylation is 1. The highest BCUT2D eigenvalue weighted by molar-refractivity contribution is 5.49. The summed E-state index contributed by atoms with van der Waals surface area (Å²) in [5, 5.41) is 9.26. The van der Waals surface area contributed by atoms with Crippen molar-refractivity contribution < 1.29 is 5.11 Å². The topological polar surface area (TPSA) is 23.5 Å². The van der Waals surface area contributed by atoms with Gasteiger partial charge < -0.3 is 10.0 Å². The van der Waals surface area contributed by atoms with Crippen molar-refractivity contribution in [3.63, 3.8) is 0 Å². The van der Waals surface area contributed by atoms with Gasteiger partial charge in [0.2, 0.25) is 0 Å². The fourth-order valence-corrected chi connectivity index (χ4v) is 2.29. The number of rotatable bonds is 3. The van der Waals surface area contributed by atoms with Crippen molar-refractivity contribution in [3.05, 3.63) is 29.8 Å². The molecule has 0 aromatic heterocycles. The lowest BCUT2D eigenvalue weighted by molar-refractivity contribution is 0.266. The van der Waals surface area contributed by atoms with Gasteiger partial charge in [-0.1, -0.05) is 19.1 Å². The zero-order valence-corrected chi connectivity index (χ0v) is 9.32. The van der Waals surface area contributed by atoms with Gasteiger partial charge in [-0.25, -0.2) is 0 Å². The van der Waals surface area contributed by atoms with E-state index in [9.17, 15) is 5.11 Å². The van der Waals surface area contributed by atoms with Gasteiger partial charge in [-0.3, -0.25) is 0 Å². The van der Waals surface area contributed by atoms with Gasteiger partial charge in [0, 0.05) is 12.2 Å². The highest BCUT2D eigenvalue weighted by Crippen LogP contribution is 2.25. The Bertz CT molecular complexity index is 307. The van der Waals surface area contributed by atoms with Crippen LogP contribution in [0.4, 0.5) is 5.69 Å². The van der Waals surface area contributed by atoms with E-state index >= 15 is 0 Å². The van der Waals surface area contributed by atoms with E-state index in [-0.39, 0.29) is 6.61 Å². The van der Waals surface area contributed by atoms with Crippen LogP contribution in [0.15, 0.2) is 24.3 Å². The summed E-state index contributed by atoms with van der Waals surface area (Å²) in [6.45, 7) is 3.52. The van der Waals surface area contributed by atoms with Gasteiger partial charge in [0.25, 0.3) is 0 Å². The minimum atomic E-state index is 0.273. The Morgan fingerprint density at radius 2 is 2.07 bits per heavy atom. The summed E-state index contributed by atoms with van der Waals surface area (Å²) in [7, 11) is 0. The summed E-state index contributed by atoms with van der Waals surface area (Å²) in [6.07, 6.45) is 3.40. The van der Waals surface area contributed by atoms with E-state index < -0.39 is 0 Å². The predicted molar refractivity (Wildman–Crippen MR) is 63.3 cm³/mol. The van der Waals surface area contributed by atoms with E-state index in [0.29, 0.717) is 6.04 Å². The first-order valence-corrected chi connectivity index (χ1v) is 5.81. The summed E-state index contributed by atoms with van der Waals surface area (Å²) >= 11 is 0. The van der Waals surface area contributed by atoms with E-state index in [1.165, 1.54) is 17.7 Å². The van der Waals surface area contributed by atoms with Crippen LogP contribution in [-0.2, 0) is 6.42 Å². The minimum Gasteiger partial charge on any atom is -0.394 e. The second-order valence-electron chi connectivity index (χ2n) is 4.19. The van der Waals surface area contributed by atoms with Crippen LogP contribution in [0.5, 0.6) is 0 Å². The Labute approximate surface area is 91.5 Å². The molecule has 1 N–H and O–H groups in total. The van der Waals surface area contributed by atoms with Crippen LogP contribution >= 0.6 is 0 Å². The van der Waals surface area contributed by atoms with E-state index in [4.69, 9.17) is 0 Å². The molecule has 0 radical (unpaired) electrons. The van der Waals surface area contributed by atoms with Crippen LogP contribution in [0.25, 0.3) is 0 Å². The summed E-state index contributed by atoms with van der Waals surface area (Å²) in [5.41, 5.74) is 2.63. The molecule has 82 valence electrons. The molecular formula is C13H19NO. The minimum absolute atomic E-state index is 0.273. The molecule has 1 aromatic carbocycles. The molecule has 0 saturated carbocycles. The van der Waals surface area contributed by atoms with Crippen molar-refractivity contribution >= 4 is 5.69 Å². The molecule has 0 bridgehead atoms. The molecule has 1 unspecified atom stereocenters. The van der Waals surface area contributed by atoms with Crippen molar-refractivity contribution in [3.8, 4) is 0 Å². The zero-order valence-electron chi connectivity index (χ0n) is 9.32. The normalized spacial score (nSPS) is 20.9. The SMILES string of the molecule is CCc1ccc(N2CCCC2CO)cc1. The highest BCUT2D eigenvalue weighted by Gasteiger charge is 2.23. The first kappa shape index (κ1) is 10.5. The molecule has 1 heterocycles. The summed E-state index contributed by atoms with van der Waals surface area (Å²) < 4.78 is 0. The molecule has 0 amide bonds. The second kappa shape index (κ2) is 4.67. The molecule has 15 heavy (non-hydrogen) atoms. The molecule has 1 aliphatic rings. The molecule has 2 heteroatoms. The number of aliphatic hydroxyl groups excluding tert-OH is 1. The first-order valence-electron chi connectivity index (χ1n) is 5.81. The van der Waals surface area contributed by atoms with Gasteiger partial charge >= 0.3 is 0 Å². The molecule has 1 aliphatic heterocycles. The first-order chi connectivity index (χ1) is 7.35. The Balaban J connectivity index is 2.14. The van der Waals surface area contributed by atoms with Crippen molar-refractivity contribution in [2.24, 2.45) is 0 Å². The quantitative estimate of drug-likeness (QED) is 0.817. The van der Waals surface area contributed by atoms with Crippen molar-refractivity contribution in [1.82, 2.24) is 0 Å². The largest absolute Gasteiger partial charge is 0.394 e. The third-order valence-corrected chi connectivity index (χ3v) is 3.26.